The van der Waals surface area contributed by atoms with Crippen LogP contribution < -0.4 is 0 Å². The molecule has 0 aromatic heterocycles. The zero-order chi connectivity index (χ0) is 29.1. The fourth-order valence-corrected chi connectivity index (χ4v) is 3.47. The second-order valence-corrected chi connectivity index (χ2v) is 11.8. The monoisotopic (exact) mass is 517 g/mol. The van der Waals surface area contributed by atoms with Crippen LogP contribution in [0.4, 0.5) is 5.69 Å². The molecule has 0 heterocycles. The molecule has 2 aromatic rings. The van der Waals surface area contributed by atoms with Gasteiger partial charge in [0.15, 0.2) is 0 Å². The molecule has 2 aromatic carbocycles. The summed E-state index contributed by atoms with van der Waals surface area (Å²) in [7, 11) is 2.47. The molecule has 204 valence electrons. The maximum atomic E-state index is 11.8. The number of esters is 2. The molecule has 9 nitrogen and oxygen atoms in total. The van der Waals surface area contributed by atoms with Crippen molar-refractivity contribution in [2.24, 2.45) is 0 Å². The number of hydrogen-bond acceptors (Lipinski definition) is 8. The predicted octanol–water partition coefficient (Wildman–Crippen LogP) is 6.16. The number of nitrogens with zero attached hydrogens (tertiary/aromatic N) is 1. The summed E-state index contributed by atoms with van der Waals surface area (Å²) in [5.74, 6) is -1.57. The first-order valence-electron chi connectivity index (χ1n) is 11.7. The third-order valence-electron chi connectivity index (χ3n) is 5.71. The Labute approximate surface area is 218 Å². The lowest BCUT2D eigenvalue weighted by Crippen LogP contribution is -2.19. The molecule has 0 saturated carbocycles. The number of phenolic OH excluding ortho intramolecular Hbond substituents is 2. The molecule has 0 saturated heterocycles. The van der Waals surface area contributed by atoms with E-state index in [2.05, 4.69) is 25.5 Å². The van der Waals surface area contributed by atoms with Crippen LogP contribution in [0.5, 0.6) is 11.5 Å². The van der Waals surface area contributed by atoms with E-state index in [-0.39, 0.29) is 39.1 Å². The number of hydrogen-bond donors (Lipinski definition) is 2. The van der Waals surface area contributed by atoms with E-state index < -0.39 is 22.3 Å². The Bertz CT molecular complexity index is 1180. The van der Waals surface area contributed by atoms with Crippen molar-refractivity contribution in [2.45, 2.75) is 78.6 Å². The molecule has 0 aliphatic carbocycles. The van der Waals surface area contributed by atoms with E-state index in [1.165, 1.54) is 13.2 Å². The normalized spacial score (nSPS) is 11.8. The SMILES string of the molecule is COC(=O)c1cc(C(C)(C)C)cc(C(C)(C)C)c1O.COC(=O)c1cc([N+](=O)[O-])cc(C(C)(C)C)c1O. The number of non-ortho nitro benzene ring substituents is 1. The second kappa shape index (κ2) is 11.2. The topological polar surface area (TPSA) is 136 Å². The van der Waals surface area contributed by atoms with E-state index in [4.69, 9.17) is 4.74 Å². The number of aromatic hydroxyl groups is 2. The van der Waals surface area contributed by atoms with Crippen molar-refractivity contribution in [1.82, 2.24) is 0 Å². The number of carbonyl (C=O) groups excluding carboxylic acids is 2. The molecule has 0 aliphatic heterocycles. The molecule has 0 radical (unpaired) electrons. The standard InChI is InChI=1S/C16H24O3.C12H15NO5/c1-15(2,3)10-8-11(14(18)19-7)13(17)12(9-10)16(4,5)6;1-12(2,3)9-6-7(13(16)17)5-8(10(9)14)11(15)18-4/h8-9,17H,1-7H3;5-6,14H,1-4H3. The van der Waals surface area contributed by atoms with Gasteiger partial charge in [0.2, 0.25) is 0 Å². The Morgan fingerprint density at radius 3 is 1.41 bits per heavy atom. The Hall–Kier alpha value is -3.62. The summed E-state index contributed by atoms with van der Waals surface area (Å²) in [6.45, 7) is 17.6. The smallest absolute Gasteiger partial charge is 0.341 e. The van der Waals surface area contributed by atoms with Gasteiger partial charge in [0.1, 0.15) is 22.6 Å². The van der Waals surface area contributed by atoms with Gasteiger partial charge in [0.25, 0.3) is 5.69 Å². The van der Waals surface area contributed by atoms with Gasteiger partial charge in [-0.05, 0) is 27.9 Å². The van der Waals surface area contributed by atoms with Crippen molar-refractivity contribution < 1.29 is 34.2 Å². The first kappa shape index (κ1) is 31.4. The quantitative estimate of drug-likeness (QED) is 0.281. The van der Waals surface area contributed by atoms with Gasteiger partial charge in [-0.15, -0.1) is 0 Å². The van der Waals surface area contributed by atoms with Crippen LogP contribution in [0.2, 0.25) is 0 Å². The van der Waals surface area contributed by atoms with Gasteiger partial charge >= 0.3 is 11.9 Å². The van der Waals surface area contributed by atoms with Crippen molar-refractivity contribution in [1.29, 1.82) is 0 Å². The molecule has 2 N–H and O–H groups in total. The number of carbonyl (C=O) groups is 2. The fourth-order valence-electron chi connectivity index (χ4n) is 3.47. The molecule has 0 spiro atoms. The van der Waals surface area contributed by atoms with Gasteiger partial charge in [-0.25, -0.2) is 9.59 Å². The highest BCUT2D eigenvalue weighted by Crippen LogP contribution is 2.38. The number of benzene rings is 2. The molecule has 0 aliphatic rings. The lowest BCUT2D eigenvalue weighted by atomic mass is 9.79. The Kier molecular flexibility index (Phi) is 9.50. The Balaban J connectivity index is 0.000000371. The zero-order valence-electron chi connectivity index (χ0n) is 23.6. The predicted molar refractivity (Wildman–Crippen MR) is 142 cm³/mol. The highest BCUT2D eigenvalue weighted by atomic mass is 16.6. The minimum Gasteiger partial charge on any atom is -0.507 e. The summed E-state index contributed by atoms with van der Waals surface area (Å²) >= 11 is 0. The van der Waals surface area contributed by atoms with E-state index >= 15 is 0 Å². The van der Waals surface area contributed by atoms with Gasteiger partial charge in [-0.3, -0.25) is 10.1 Å². The van der Waals surface area contributed by atoms with Crippen LogP contribution in [0.3, 0.4) is 0 Å². The maximum Gasteiger partial charge on any atom is 0.341 e. The van der Waals surface area contributed by atoms with Gasteiger partial charge in [0, 0.05) is 23.3 Å². The third kappa shape index (κ3) is 7.68. The van der Waals surface area contributed by atoms with Gasteiger partial charge in [0.05, 0.1) is 19.1 Å². The highest BCUT2D eigenvalue weighted by molar-refractivity contribution is 5.94. The highest BCUT2D eigenvalue weighted by Gasteiger charge is 2.28. The van der Waals surface area contributed by atoms with Crippen LogP contribution in [0.15, 0.2) is 24.3 Å². The van der Waals surface area contributed by atoms with Gasteiger partial charge in [-0.1, -0.05) is 68.4 Å². The van der Waals surface area contributed by atoms with E-state index in [0.717, 1.165) is 24.3 Å². The number of nitro benzene ring substituents is 1. The number of ether oxygens (including phenoxy) is 2. The van der Waals surface area contributed by atoms with Crippen molar-refractivity contribution in [3.05, 3.63) is 62.2 Å². The number of nitro groups is 1. The van der Waals surface area contributed by atoms with Crippen molar-refractivity contribution in [3.63, 3.8) is 0 Å². The molecule has 0 atom stereocenters. The van der Waals surface area contributed by atoms with Crippen LogP contribution in [0.1, 0.15) is 99.7 Å². The van der Waals surface area contributed by atoms with Gasteiger partial charge in [-0.2, -0.15) is 0 Å². The lowest BCUT2D eigenvalue weighted by Gasteiger charge is -2.27. The molecule has 37 heavy (non-hydrogen) atoms. The van der Waals surface area contributed by atoms with E-state index in [1.54, 1.807) is 26.8 Å². The second-order valence-electron chi connectivity index (χ2n) is 11.8. The molecule has 9 heteroatoms. The van der Waals surface area contributed by atoms with Crippen molar-refractivity contribution >= 4 is 17.6 Å². The first-order valence-corrected chi connectivity index (χ1v) is 11.7. The van der Waals surface area contributed by atoms with Crippen LogP contribution in [-0.2, 0) is 25.7 Å². The molecule has 0 unspecified atom stereocenters. The minimum absolute atomic E-state index is 0.0207. The van der Waals surface area contributed by atoms with Crippen molar-refractivity contribution in [2.75, 3.05) is 14.2 Å². The summed E-state index contributed by atoms with van der Waals surface area (Å²) in [5, 5.41) is 31.2. The Morgan fingerprint density at radius 1 is 0.703 bits per heavy atom. The molecule has 2 rings (SSSR count). The van der Waals surface area contributed by atoms with Crippen LogP contribution in [-0.4, -0.2) is 41.3 Å². The number of methoxy groups -OCH3 is 2. The third-order valence-corrected chi connectivity index (χ3v) is 5.71. The molecule has 0 bridgehead atoms. The van der Waals surface area contributed by atoms with E-state index in [1.807, 2.05) is 26.8 Å². The minimum atomic E-state index is -0.804. The summed E-state index contributed by atoms with van der Waals surface area (Å²) in [6, 6.07) is 5.97. The summed E-state index contributed by atoms with van der Waals surface area (Å²) < 4.78 is 9.25. The fraction of sp³-hybridized carbons (Fsp3) is 0.500. The summed E-state index contributed by atoms with van der Waals surface area (Å²) in [4.78, 5) is 33.5. The average Bonchev–Trinajstić information content (AvgIpc) is 2.76. The Morgan fingerprint density at radius 2 is 1.08 bits per heavy atom. The van der Waals surface area contributed by atoms with Crippen molar-refractivity contribution in [3.8, 4) is 11.5 Å². The summed E-state index contributed by atoms with van der Waals surface area (Å²) in [6.07, 6.45) is 0. The largest absolute Gasteiger partial charge is 0.507 e. The maximum absolute atomic E-state index is 11.8. The average molecular weight is 518 g/mol. The molecule has 0 fully saturated rings. The van der Waals surface area contributed by atoms with Crippen LogP contribution >= 0.6 is 0 Å². The van der Waals surface area contributed by atoms with Crippen LogP contribution in [0, 0.1) is 10.1 Å². The van der Waals surface area contributed by atoms with E-state index in [0.29, 0.717) is 5.56 Å². The number of rotatable bonds is 3. The first-order chi connectivity index (χ1) is 16.7. The molecular weight excluding hydrogens is 478 g/mol. The molecular formula is C28H39NO8. The zero-order valence-corrected chi connectivity index (χ0v) is 23.6. The lowest BCUT2D eigenvalue weighted by molar-refractivity contribution is -0.385. The molecule has 0 amide bonds. The van der Waals surface area contributed by atoms with E-state index in [9.17, 15) is 29.9 Å². The summed E-state index contributed by atoms with van der Waals surface area (Å²) in [5.41, 5.74) is 1.02. The van der Waals surface area contributed by atoms with Gasteiger partial charge < -0.3 is 19.7 Å². The number of phenols is 2. The van der Waals surface area contributed by atoms with Crippen LogP contribution in [0.25, 0.3) is 0 Å².